The summed E-state index contributed by atoms with van der Waals surface area (Å²) in [6, 6.07) is -2.08. The summed E-state index contributed by atoms with van der Waals surface area (Å²) in [5.74, 6) is -1.18. The van der Waals surface area contributed by atoms with E-state index in [2.05, 4.69) is 5.32 Å². The highest BCUT2D eigenvalue weighted by Crippen LogP contribution is 2.36. The van der Waals surface area contributed by atoms with Crippen LogP contribution in [0, 0.1) is 5.92 Å². The van der Waals surface area contributed by atoms with Crippen LogP contribution in [0.5, 0.6) is 0 Å². The molecule has 0 radical (unpaired) electrons. The summed E-state index contributed by atoms with van der Waals surface area (Å²) in [6.07, 6.45) is 2.78. The monoisotopic (exact) mass is 417 g/mol. The molecular weight excluding hydrogens is 390 g/mol. The van der Waals surface area contributed by atoms with Crippen LogP contribution in [0.2, 0.25) is 0 Å². The van der Waals surface area contributed by atoms with Gasteiger partial charge in [-0.05, 0) is 52.9 Å². The van der Waals surface area contributed by atoms with E-state index in [1.165, 1.54) is 4.90 Å². The van der Waals surface area contributed by atoms with Crippen molar-refractivity contribution in [2.75, 3.05) is 6.54 Å². The maximum Gasteiger partial charge on any atom is 0.362 e. The molecule has 2 aliphatic heterocycles. The summed E-state index contributed by atoms with van der Waals surface area (Å²) in [7, 11) is -4.59. The lowest BCUT2D eigenvalue weighted by molar-refractivity contribution is -0.161. The van der Waals surface area contributed by atoms with Crippen LogP contribution in [-0.2, 0) is 24.6 Å². The number of nitrogens with one attached hydrogen (secondary N) is 1. The molecule has 3 rings (SSSR count). The van der Waals surface area contributed by atoms with Crippen LogP contribution >= 0.6 is 0 Å². The van der Waals surface area contributed by atoms with Crippen LogP contribution in [0.15, 0.2) is 0 Å². The summed E-state index contributed by atoms with van der Waals surface area (Å²) in [5, 5.41) is 2.88. The van der Waals surface area contributed by atoms with Crippen LogP contribution in [0.25, 0.3) is 0 Å². The van der Waals surface area contributed by atoms with Gasteiger partial charge in [0.15, 0.2) is 0 Å². The summed E-state index contributed by atoms with van der Waals surface area (Å²) in [5.41, 5.74) is -0.528. The summed E-state index contributed by atoms with van der Waals surface area (Å²) < 4.78 is 37.4. The van der Waals surface area contributed by atoms with Gasteiger partial charge >= 0.3 is 22.3 Å². The standard InChI is InChI=1S/C17H27N3O7S/c1-17(2,3)27-15(22)10-4-6-11(7-5-10)18-16(23)19-9-8-12-13(19)14(21)20(12)28(24,25)26/h10-13H,4-9H2,1-3H3,(H,18,23)(H,24,25,26)/t10?,11?,12-,13+/m1/s1. The minimum absolute atomic E-state index is 0.113. The molecule has 2 saturated heterocycles. The van der Waals surface area contributed by atoms with Crippen LogP contribution in [0.3, 0.4) is 0 Å². The smallest absolute Gasteiger partial charge is 0.362 e. The predicted molar refractivity (Wildman–Crippen MR) is 97.4 cm³/mol. The first-order valence-electron chi connectivity index (χ1n) is 9.49. The number of β-lactam (4-membered cyclic amide) rings is 1. The normalized spacial score (nSPS) is 30.5. The SMILES string of the molecule is CC(C)(C)OC(=O)C1CCC(NC(=O)N2CC[C@@H]3[C@H]2C(=O)N3S(=O)(=O)O)CC1. The van der Waals surface area contributed by atoms with Gasteiger partial charge in [-0.1, -0.05) is 0 Å². The molecule has 1 aliphatic carbocycles. The van der Waals surface area contributed by atoms with E-state index < -0.39 is 39.9 Å². The van der Waals surface area contributed by atoms with Gasteiger partial charge in [0.2, 0.25) is 0 Å². The van der Waals surface area contributed by atoms with Gasteiger partial charge in [0, 0.05) is 12.6 Å². The molecule has 0 bridgehead atoms. The Labute approximate surface area is 164 Å². The molecule has 10 nitrogen and oxygen atoms in total. The van der Waals surface area contributed by atoms with Gasteiger partial charge in [0.05, 0.1) is 12.0 Å². The number of rotatable bonds is 3. The van der Waals surface area contributed by atoms with Gasteiger partial charge in [-0.2, -0.15) is 8.42 Å². The van der Waals surface area contributed by atoms with Gasteiger partial charge in [0.25, 0.3) is 5.91 Å². The number of amides is 3. The summed E-state index contributed by atoms with van der Waals surface area (Å²) in [6.45, 7) is 5.72. The zero-order chi connectivity index (χ0) is 20.9. The lowest BCUT2D eigenvalue weighted by Crippen LogP contribution is -2.69. The third kappa shape index (κ3) is 4.09. The zero-order valence-corrected chi connectivity index (χ0v) is 17.1. The third-order valence-electron chi connectivity index (χ3n) is 5.44. The largest absolute Gasteiger partial charge is 0.460 e. The van der Waals surface area contributed by atoms with Crippen molar-refractivity contribution in [2.24, 2.45) is 5.92 Å². The fourth-order valence-electron chi connectivity index (χ4n) is 4.16. The maximum absolute atomic E-state index is 12.5. The van der Waals surface area contributed by atoms with Crippen molar-refractivity contribution in [1.82, 2.24) is 14.5 Å². The molecule has 0 aromatic carbocycles. The molecule has 2 heterocycles. The highest BCUT2D eigenvalue weighted by molar-refractivity contribution is 7.84. The Balaban J connectivity index is 1.50. The highest BCUT2D eigenvalue weighted by atomic mass is 32.2. The number of esters is 1. The molecule has 11 heteroatoms. The number of fused-ring (bicyclic) bond motifs is 1. The lowest BCUT2D eigenvalue weighted by Gasteiger charge is -2.42. The molecule has 2 N–H and O–H groups in total. The van der Waals surface area contributed by atoms with Gasteiger partial charge in [-0.25, -0.2) is 9.10 Å². The second-order valence-electron chi connectivity index (χ2n) is 8.64. The van der Waals surface area contributed by atoms with Crippen molar-refractivity contribution >= 4 is 28.2 Å². The number of likely N-dealkylation sites (tertiary alicyclic amines) is 1. The second kappa shape index (κ2) is 7.18. The number of hydrogen-bond donors (Lipinski definition) is 2. The average molecular weight is 417 g/mol. The van der Waals surface area contributed by atoms with E-state index >= 15 is 0 Å². The summed E-state index contributed by atoms with van der Waals surface area (Å²) >= 11 is 0. The second-order valence-corrected chi connectivity index (χ2v) is 9.93. The molecule has 2 atom stereocenters. The van der Waals surface area contributed by atoms with Crippen molar-refractivity contribution in [2.45, 2.75) is 76.6 Å². The van der Waals surface area contributed by atoms with E-state index in [0.29, 0.717) is 36.4 Å². The van der Waals surface area contributed by atoms with Crippen molar-refractivity contribution in [3.05, 3.63) is 0 Å². The van der Waals surface area contributed by atoms with Crippen molar-refractivity contribution < 1.29 is 32.1 Å². The Bertz CT molecular complexity index is 768. The van der Waals surface area contributed by atoms with E-state index in [0.717, 1.165) is 0 Å². The lowest BCUT2D eigenvalue weighted by atomic mass is 9.86. The third-order valence-corrected chi connectivity index (χ3v) is 6.39. The Morgan fingerprint density at radius 2 is 1.75 bits per heavy atom. The Morgan fingerprint density at radius 1 is 1.14 bits per heavy atom. The van der Waals surface area contributed by atoms with Gasteiger partial charge in [0.1, 0.15) is 11.6 Å². The Morgan fingerprint density at radius 3 is 2.29 bits per heavy atom. The van der Waals surface area contributed by atoms with Crippen LogP contribution in [0.1, 0.15) is 52.9 Å². The first-order valence-corrected chi connectivity index (χ1v) is 10.9. The van der Waals surface area contributed by atoms with Gasteiger partial charge in [-0.15, -0.1) is 0 Å². The van der Waals surface area contributed by atoms with Crippen LogP contribution in [0.4, 0.5) is 4.79 Å². The number of hydrogen-bond acceptors (Lipinski definition) is 6. The molecule has 0 aromatic heterocycles. The quantitative estimate of drug-likeness (QED) is 0.392. The zero-order valence-electron chi connectivity index (χ0n) is 16.3. The molecule has 0 unspecified atom stereocenters. The highest BCUT2D eigenvalue weighted by Gasteiger charge is 2.60. The Hall–Kier alpha value is -1.88. The first-order chi connectivity index (χ1) is 12.9. The van der Waals surface area contributed by atoms with Crippen molar-refractivity contribution in [3.63, 3.8) is 0 Å². The molecule has 3 aliphatic rings. The van der Waals surface area contributed by atoms with E-state index in [1.54, 1.807) is 0 Å². The Kier molecular flexibility index (Phi) is 5.34. The van der Waals surface area contributed by atoms with E-state index in [9.17, 15) is 22.8 Å². The number of nitrogens with zero attached hydrogens (tertiary/aromatic N) is 2. The number of urea groups is 1. The predicted octanol–water partition coefficient (Wildman–Crippen LogP) is 0.684. The minimum atomic E-state index is -4.59. The van der Waals surface area contributed by atoms with Crippen LogP contribution in [-0.4, -0.2) is 70.4 Å². The van der Waals surface area contributed by atoms with Crippen molar-refractivity contribution in [1.29, 1.82) is 0 Å². The molecular formula is C17H27N3O7S. The van der Waals surface area contributed by atoms with Crippen molar-refractivity contribution in [3.8, 4) is 0 Å². The molecule has 0 spiro atoms. The number of carbonyl (C=O) groups excluding carboxylic acids is 3. The molecule has 0 aromatic rings. The van der Waals surface area contributed by atoms with E-state index in [4.69, 9.17) is 9.29 Å². The molecule has 158 valence electrons. The van der Waals surface area contributed by atoms with Gasteiger partial charge in [-0.3, -0.25) is 14.1 Å². The summed E-state index contributed by atoms with van der Waals surface area (Å²) in [4.78, 5) is 38.1. The molecule has 1 saturated carbocycles. The number of ether oxygens (including phenoxy) is 1. The average Bonchev–Trinajstić information content (AvgIpc) is 2.91. The fraction of sp³-hybridized carbons (Fsp3) is 0.824. The topological polar surface area (TPSA) is 133 Å². The maximum atomic E-state index is 12.5. The molecule has 3 fully saturated rings. The molecule has 28 heavy (non-hydrogen) atoms. The molecule has 3 amide bonds. The number of carbonyl (C=O) groups is 3. The minimum Gasteiger partial charge on any atom is -0.460 e. The first kappa shape index (κ1) is 20.8. The van der Waals surface area contributed by atoms with Gasteiger partial charge < -0.3 is 15.0 Å². The van der Waals surface area contributed by atoms with Crippen LogP contribution < -0.4 is 5.32 Å². The van der Waals surface area contributed by atoms with E-state index in [-0.39, 0.29) is 24.5 Å². The van der Waals surface area contributed by atoms with E-state index in [1.807, 2.05) is 20.8 Å². The fourth-order valence-corrected chi connectivity index (χ4v) is 5.06.